The molecule has 22 heavy (non-hydrogen) atoms. The first-order valence-corrected chi connectivity index (χ1v) is 7.58. The fraction of sp³-hybridized carbons (Fsp3) is 0.588. The van der Waals surface area contributed by atoms with Gasteiger partial charge in [-0.15, -0.1) is 0 Å². The van der Waals surface area contributed by atoms with Crippen molar-refractivity contribution in [1.29, 1.82) is 0 Å². The first-order valence-electron chi connectivity index (χ1n) is 7.58. The Hall–Kier alpha value is -1.75. The largest absolute Gasteiger partial charge is 0.507 e. The fourth-order valence-electron chi connectivity index (χ4n) is 2.06. The molecule has 124 valence electrons. The summed E-state index contributed by atoms with van der Waals surface area (Å²) in [5.41, 5.74) is 2.37. The van der Waals surface area contributed by atoms with Crippen molar-refractivity contribution in [3.8, 4) is 5.75 Å². The third kappa shape index (κ3) is 6.35. The molecular weight excluding hydrogens is 280 g/mol. The molecule has 1 aromatic rings. The summed E-state index contributed by atoms with van der Waals surface area (Å²) in [6, 6.07) is 4.04. The van der Waals surface area contributed by atoms with E-state index < -0.39 is 11.7 Å². The Morgan fingerprint density at radius 3 is 2.32 bits per heavy atom. The maximum atomic E-state index is 11.6. The van der Waals surface area contributed by atoms with E-state index in [1.807, 2.05) is 53.7 Å². The van der Waals surface area contributed by atoms with Crippen molar-refractivity contribution in [1.82, 2.24) is 10.6 Å². The van der Waals surface area contributed by atoms with E-state index in [1.165, 1.54) is 0 Å². The molecule has 1 aromatic carbocycles. The van der Waals surface area contributed by atoms with E-state index in [2.05, 4.69) is 10.6 Å². The zero-order valence-corrected chi connectivity index (χ0v) is 14.4. The lowest BCUT2D eigenvalue weighted by Crippen LogP contribution is -2.41. The van der Waals surface area contributed by atoms with Crippen molar-refractivity contribution in [3.05, 3.63) is 28.8 Å². The Kier molecular flexibility index (Phi) is 6.23. The third-order valence-corrected chi connectivity index (χ3v) is 3.16. The van der Waals surface area contributed by atoms with E-state index in [4.69, 9.17) is 4.74 Å². The Morgan fingerprint density at radius 1 is 1.27 bits per heavy atom. The molecule has 0 heterocycles. The van der Waals surface area contributed by atoms with Crippen molar-refractivity contribution < 1.29 is 14.6 Å². The summed E-state index contributed by atoms with van der Waals surface area (Å²) < 4.78 is 5.19. The highest BCUT2D eigenvalue weighted by molar-refractivity contribution is 5.67. The minimum Gasteiger partial charge on any atom is -0.507 e. The van der Waals surface area contributed by atoms with Gasteiger partial charge in [0.25, 0.3) is 0 Å². The van der Waals surface area contributed by atoms with Crippen LogP contribution in [0.15, 0.2) is 12.1 Å². The molecule has 0 aliphatic heterocycles. The number of nitrogens with one attached hydrogen (secondary N) is 2. The second kappa shape index (κ2) is 7.49. The number of phenolic OH excluding ortho intramolecular Hbond substituents is 1. The molecule has 0 saturated carbocycles. The second-order valence-electron chi connectivity index (χ2n) is 6.74. The lowest BCUT2D eigenvalue weighted by atomic mass is 10.1. The number of phenols is 1. The van der Waals surface area contributed by atoms with Crippen molar-refractivity contribution in [2.45, 2.75) is 59.7 Å². The Bertz CT molecular complexity index is 498. The second-order valence-corrected chi connectivity index (χ2v) is 6.74. The maximum absolute atomic E-state index is 11.6. The van der Waals surface area contributed by atoms with Gasteiger partial charge in [0.15, 0.2) is 0 Å². The molecule has 5 heteroatoms. The van der Waals surface area contributed by atoms with Gasteiger partial charge in [-0.3, -0.25) is 0 Å². The van der Waals surface area contributed by atoms with E-state index in [0.717, 1.165) is 16.7 Å². The Labute approximate surface area is 133 Å². The molecule has 1 amide bonds. The van der Waals surface area contributed by atoms with Gasteiger partial charge >= 0.3 is 6.09 Å². The van der Waals surface area contributed by atoms with Crippen LogP contribution in [-0.4, -0.2) is 29.4 Å². The highest BCUT2D eigenvalue weighted by atomic mass is 16.6. The summed E-state index contributed by atoms with van der Waals surface area (Å²) >= 11 is 0. The summed E-state index contributed by atoms with van der Waals surface area (Å²) in [5.74, 6) is 0.350. The van der Waals surface area contributed by atoms with Crippen molar-refractivity contribution >= 4 is 6.09 Å². The molecule has 3 N–H and O–H groups in total. The number of hydrogen-bond acceptors (Lipinski definition) is 4. The van der Waals surface area contributed by atoms with Gasteiger partial charge in [-0.1, -0.05) is 12.1 Å². The highest BCUT2D eigenvalue weighted by Crippen LogP contribution is 2.22. The lowest BCUT2D eigenvalue weighted by molar-refractivity contribution is 0.0523. The predicted molar refractivity (Wildman–Crippen MR) is 88.1 cm³/mol. The van der Waals surface area contributed by atoms with Crippen LogP contribution in [0.3, 0.4) is 0 Å². The predicted octanol–water partition coefficient (Wildman–Crippen LogP) is 3.01. The molecule has 5 nitrogen and oxygen atoms in total. The highest BCUT2D eigenvalue weighted by Gasteiger charge is 2.16. The summed E-state index contributed by atoms with van der Waals surface area (Å²) in [5, 5.41) is 15.8. The van der Waals surface area contributed by atoms with E-state index in [0.29, 0.717) is 18.8 Å². The average Bonchev–Trinajstić information content (AvgIpc) is 2.38. The fourth-order valence-corrected chi connectivity index (χ4v) is 2.06. The lowest BCUT2D eigenvalue weighted by Gasteiger charge is -2.21. The van der Waals surface area contributed by atoms with Gasteiger partial charge in [-0.05, 0) is 58.2 Å². The molecule has 0 bridgehead atoms. The molecule has 0 saturated heterocycles. The van der Waals surface area contributed by atoms with Crippen LogP contribution in [0.2, 0.25) is 0 Å². The summed E-state index contributed by atoms with van der Waals surface area (Å²) in [4.78, 5) is 11.6. The summed E-state index contributed by atoms with van der Waals surface area (Å²) in [7, 11) is 0. The first-order chi connectivity index (χ1) is 10.1. The van der Waals surface area contributed by atoms with E-state index >= 15 is 0 Å². The summed E-state index contributed by atoms with van der Waals surface area (Å²) in [6.45, 7) is 12.5. The van der Waals surface area contributed by atoms with Crippen LogP contribution in [0.5, 0.6) is 5.75 Å². The van der Waals surface area contributed by atoms with Gasteiger partial charge in [0.1, 0.15) is 11.4 Å². The van der Waals surface area contributed by atoms with Crippen molar-refractivity contribution in [3.63, 3.8) is 0 Å². The number of aryl methyl sites for hydroxylation is 2. The van der Waals surface area contributed by atoms with Gasteiger partial charge in [0, 0.05) is 19.1 Å². The first kappa shape index (κ1) is 18.3. The number of hydrogen-bond donors (Lipinski definition) is 3. The van der Waals surface area contributed by atoms with Crippen LogP contribution in [0, 0.1) is 13.8 Å². The van der Waals surface area contributed by atoms with Crippen LogP contribution in [0.1, 0.15) is 44.4 Å². The van der Waals surface area contributed by atoms with Gasteiger partial charge in [-0.2, -0.15) is 0 Å². The van der Waals surface area contributed by atoms with E-state index in [1.54, 1.807) is 0 Å². The Morgan fingerprint density at radius 2 is 1.82 bits per heavy atom. The van der Waals surface area contributed by atoms with Crippen LogP contribution < -0.4 is 10.6 Å². The van der Waals surface area contributed by atoms with Crippen LogP contribution >= 0.6 is 0 Å². The molecule has 0 aliphatic rings. The molecule has 1 atom stereocenters. The zero-order chi connectivity index (χ0) is 16.9. The summed E-state index contributed by atoms with van der Waals surface area (Å²) in [6.07, 6.45) is -0.405. The quantitative estimate of drug-likeness (QED) is 0.782. The molecule has 0 aromatic heterocycles. The molecule has 1 rings (SSSR count). The van der Waals surface area contributed by atoms with Crippen LogP contribution in [0.25, 0.3) is 0 Å². The minimum absolute atomic E-state index is 0.113. The minimum atomic E-state index is -0.484. The molecule has 0 aliphatic carbocycles. The molecule has 0 fully saturated rings. The van der Waals surface area contributed by atoms with Crippen LogP contribution in [0.4, 0.5) is 4.79 Å². The number of carbonyl (C=O) groups excluding carboxylic acids is 1. The van der Waals surface area contributed by atoms with Crippen molar-refractivity contribution in [2.24, 2.45) is 0 Å². The number of alkyl carbamates (subject to hydrolysis) is 1. The van der Waals surface area contributed by atoms with Gasteiger partial charge in [0.05, 0.1) is 0 Å². The number of benzene rings is 1. The zero-order valence-electron chi connectivity index (χ0n) is 14.4. The third-order valence-electron chi connectivity index (χ3n) is 3.16. The smallest absolute Gasteiger partial charge is 0.407 e. The Balaban J connectivity index is 2.40. The standard InChI is InChI=1S/C17H28N2O3/c1-11-7-14(8-12(2)15(11)20)10-18-13(3)9-19-16(21)22-17(4,5)6/h7-8,13,18,20H,9-10H2,1-6H3,(H,19,21). The van der Waals surface area contributed by atoms with Gasteiger partial charge in [-0.25, -0.2) is 4.79 Å². The molecular formula is C17H28N2O3. The molecule has 0 spiro atoms. The van der Waals surface area contributed by atoms with E-state index in [9.17, 15) is 9.90 Å². The maximum Gasteiger partial charge on any atom is 0.407 e. The topological polar surface area (TPSA) is 70.6 Å². The number of carbonyl (C=O) groups is 1. The van der Waals surface area contributed by atoms with Crippen molar-refractivity contribution in [2.75, 3.05) is 6.54 Å². The molecule has 1 unspecified atom stereocenters. The van der Waals surface area contributed by atoms with Gasteiger partial charge < -0.3 is 20.5 Å². The van der Waals surface area contributed by atoms with E-state index in [-0.39, 0.29) is 6.04 Å². The number of aromatic hydroxyl groups is 1. The average molecular weight is 308 g/mol. The molecule has 0 radical (unpaired) electrons. The SMILES string of the molecule is Cc1cc(CNC(C)CNC(=O)OC(C)(C)C)cc(C)c1O. The van der Waals surface area contributed by atoms with Crippen LogP contribution in [-0.2, 0) is 11.3 Å². The van der Waals surface area contributed by atoms with Gasteiger partial charge in [0.2, 0.25) is 0 Å². The number of amides is 1. The normalized spacial score (nSPS) is 12.8. The number of ether oxygens (including phenoxy) is 1. The monoisotopic (exact) mass is 308 g/mol. The number of rotatable bonds is 5.